The number of amides is 2. The zero-order valence-corrected chi connectivity index (χ0v) is 16.9. The summed E-state index contributed by atoms with van der Waals surface area (Å²) in [5.74, 6) is -1.17. The molecule has 29 heavy (non-hydrogen) atoms. The molecule has 1 saturated carbocycles. The second kappa shape index (κ2) is 8.36. The molecular weight excluding hydrogens is 366 g/mol. The van der Waals surface area contributed by atoms with E-state index in [4.69, 9.17) is 4.84 Å². The number of benzene rings is 2. The van der Waals surface area contributed by atoms with Gasteiger partial charge >= 0.3 is 5.97 Å². The first-order valence-electron chi connectivity index (χ1n) is 10.7. The minimum absolute atomic E-state index is 0.244. The quantitative estimate of drug-likeness (QED) is 0.495. The van der Waals surface area contributed by atoms with Crippen LogP contribution in [-0.2, 0) is 9.63 Å². The zero-order valence-electron chi connectivity index (χ0n) is 16.9. The van der Waals surface area contributed by atoms with E-state index in [1.54, 1.807) is 24.3 Å². The van der Waals surface area contributed by atoms with E-state index >= 15 is 0 Å². The Morgan fingerprint density at radius 2 is 1.59 bits per heavy atom. The molecule has 2 aromatic rings. The molecule has 0 aromatic heterocycles. The molecule has 0 radical (unpaired) electrons. The van der Waals surface area contributed by atoms with Gasteiger partial charge in [0.05, 0.1) is 17.0 Å². The number of nitrogens with zero attached hydrogens (tertiary/aromatic N) is 1. The van der Waals surface area contributed by atoms with Gasteiger partial charge in [0.25, 0.3) is 11.8 Å². The summed E-state index contributed by atoms with van der Waals surface area (Å²) in [7, 11) is 0. The van der Waals surface area contributed by atoms with Gasteiger partial charge in [0.15, 0.2) is 0 Å². The van der Waals surface area contributed by atoms with Crippen molar-refractivity contribution < 1.29 is 19.2 Å². The molecule has 5 nitrogen and oxygen atoms in total. The van der Waals surface area contributed by atoms with E-state index in [-0.39, 0.29) is 5.92 Å². The number of hydrogen-bond acceptors (Lipinski definition) is 4. The van der Waals surface area contributed by atoms with Gasteiger partial charge < -0.3 is 4.84 Å². The summed E-state index contributed by atoms with van der Waals surface area (Å²) in [6.07, 6.45) is 8.49. The van der Waals surface area contributed by atoms with Gasteiger partial charge in [0, 0.05) is 5.39 Å². The lowest BCUT2D eigenvalue weighted by Gasteiger charge is -2.30. The van der Waals surface area contributed by atoms with Crippen LogP contribution in [0.4, 0.5) is 0 Å². The van der Waals surface area contributed by atoms with Gasteiger partial charge in [-0.25, -0.2) is 4.79 Å². The van der Waals surface area contributed by atoms with Crippen LogP contribution in [-0.4, -0.2) is 22.8 Å². The third kappa shape index (κ3) is 3.78. The lowest BCUT2D eigenvalue weighted by atomic mass is 9.80. The molecule has 1 heterocycles. The van der Waals surface area contributed by atoms with E-state index in [2.05, 4.69) is 6.92 Å². The average molecular weight is 393 g/mol. The van der Waals surface area contributed by atoms with Crippen molar-refractivity contribution in [3.05, 3.63) is 47.5 Å². The molecule has 0 N–H and O–H groups in total. The van der Waals surface area contributed by atoms with Crippen LogP contribution in [0.2, 0.25) is 0 Å². The maximum Gasteiger partial charge on any atom is 0.336 e. The van der Waals surface area contributed by atoms with E-state index in [1.165, 1.54) is 25.7 Å². The normalized spacial score (nSPS) is 21.5. The summed E-state index contributed by atoms with van der Waals surface area (Å²) in [6, 6.07) is 10.6. The van der Waals surface area contributed by atoms with Crippen LogP contribution in [0.3, 0.4) is 0 Å². The fourth-order valence-corrected chi connectivity index (χ4v) is 4.63. The van der Waals surface area contributed by atoms with Crippen molar-refractivity contribution in [2.45, 2.75) is 58.3 Å². The summed E-state index contributed by atoms with van der Waals surface area (Å²) >= 11 is 0. The first-order chi connectivity index (χ1) is 14.1. The van der Waals surface area contributed by atoms with Crippen LogP contribution in [0.25, 0.3) is 10.8 Å². The summed E-state index contributed by atoms with van der Waals surface area (Å²) in [5, 5.41) is 2.12. The van der Waals surface area contributed by atoms with Gasteiger partial charge in [-0.2, -0.15) is 0 Å². The molecule has 0 saturated heterocycles. The first-order valence-corrected chi connectivity index (χ1v) is 10.7. The smallest absolute Gasteiger partial charge is 0.329 e. The van der Waals surface area contributed by atoms with Crippen molar-refractivity contribution in [1.29, 1.82) is 0 Å². The molecule has 2 aromatic carbocycles. The van der Waals surface area contributed by atoms with E-state index in [0.717, 1.165) is 31.1 Å². The van der Waals surface area contributed by atoms with Crippen molar-refractivity contribution >= 4 is 28.6 Å². The number of carbonyl (C=O) groups excluding carboxylic acids is 3. The minimum Gasteiger partial charge on any atom is -0.329 e. The number of hydroxylamine groups is 2. The average Bonchev–Trinajstić information content (AvgIpc) is 2.75. The number of imide groups is 1. The third-order valence-electron chi connectivity index (χ3n) is 6.31. The zero-order chi connectivity index (χ0) is 20.4. The minimum atomic E-state index is -0.569. The molecule has 4 rings (SSSR count). The first kappa shape index (κ1) is 19.6. The maximum atomic E-state index is 12.9. The second-order valence-electron chi connectivity index (χ2n) is 8.24. The summed E-state index contributed by atoms with van der Waals surface area (Å²) < 4.78 is 0. The molecule has 1 aliphatic carbocycles. The van der Waals surface area contributed by atoms with Crippen molar-refractivity contribution in [2.24, 2.45) is 11.8 Å². The molecule has 152 valence electrons. The van der Waals surface area contributed by atoms with E-state index in [0.29, 0.717) is 27.5 Å². The lowest BCUT2D eigenvalue weighted by molar-refractivity contribution is -0.175. The largest absolute Gasteiger partial charge is 0.336 e. The topological polar surface area (TPSA) is 63.7 Å². The molecule has 2 aliphatic rings. The number of unbranched alkanes of at least 4 members (excludes halogenated alkanes) is 2. The molecule has 0 unspecified atom stereocenters. The lowest BCUT2D eigenvalue weighted by Crippen LogP contribution is -2.43. The van der Waals surface area contributed by atoms with Crippen LogP contribution < -0.4 is 0 Å². The van der Waals surface area contributed by atoms with E-state index in [9.17, 15) is 14.4 Å². The van der Waals surface area contributed by atoms with Crippen molar-refractivity contribution in [2.75, 3.05) is 0 Å². The second-order valence-corrected chi connectivity index (χ2v) is 8.24. The molecular formula is C24H27NO4. The van der Waals surface area contributed by atoms with Crippen LogP contribution in [0, 0.1) is 11.8 Å². The maximum absolute atomic E-state index is 12.9. The van der Waals surface area contributed by atoms with Crippen molar-refractivity contribution in [3.63, 3.8) is 0 Å². The molecule has 5 heteroatoms. The van der Waals surface area contributed by atoms with Gasteiger partial charge in [-0.3, -0.25) is 9.59 Å². The highest BCUT2D eigenvalue weighted by Gasteiger charge is 2.38. The SMILES string of the molecule is CCCCCC1CCC(C(=O)ON2C(=O)c3cccc4cccc(c34)C2=O)CC1. The molecule has 0 atom stereocenters. The summed E-state index contributed by atoms with van der Waals surface area (Å²) in [6.45, 7) is 2.20. The van der Waals surface area contributed by atoms with E-state index < -0.39 is 17.8 Å². The Labute approximate surface area is 171 Å². The molecule has 0 spiro atoms. The fourth-order valence-electron chi connectivity index (χ4n) is 4.63. The fraction of sp³-hybridized carbons (Fsp3) is 0.458. The Hall–Kier alpha value is -2.69. The van der Waals surface area contributed by atoms with E-state index in [1.807, 2.05) is 12.1 Å². The highest BCUT2D eigenvalue weighted by molar-refractivity contribution is 6.25. The number of hydrogen-bond donors (Lipinski definition) is 0. The number of carbonyl (C=O) groups is 3. The highest BCUT2D eigenvalue weighted by Crippen LogP contribution is 2.34. The summed E-state index contributed by atoms with van der Waals surface area (Å²) in [5.41, 5.74) is 0.787. The predicted octanol–water partition coefficient (Wildman–Crippen LogP) is 5.28. The van der Waals surface area contributed by atoms with Crippen LogP contribution >= 0.6 is 0 Å². The Balaban J connectivity index is 1.43. The molecule has 1 aliphatic heterocycles. The summed E-state index contributed by atoms with van der Waals surface area (Å²) in [4.78, 5) is 43.8. The van der Waals surface area contributed by atoms with Crippen molar-refractivity contribution in [1.82, 2.24) is 5.06 Å². The molecule has 2 amide bonds. The monoisotopic (exact) mass is 393 g/mol. The standard InChI is InChI=1S/C24H27NO4/c1-2-3-4-7-16-12-14-18(15-13-16)24(28)29-25-22(26)19-10-5-8-17-9-6-11-20(21(17)19)23(25)27/h5-6,8-11,16,18H,2-4,7,12-15H2,1H3. The van der Waals surface area contributed by atoms with Crippen LogP contribution in [0.5, 0.6) is 0 Å². The Morgan fingerprint density at radius 1 is 0.966 bits per heavy atom. The predicted molar refractivity (Wildman–Crippen MR) is 110 cm³/mol. The van der Waals surface area contributed by atoms with Gasteiger partial charge in [-0.15, -0.1) is 0 Å². The Bertz CT molecular complexity index is 892. The van der Waals surface area contributed by atoms with Crippen molar-refractivity contribution in [3.8, 4) is 0 Å². The molecule has 0 bridgehead atoms. The molecule has 1 fully saturated rings. The third-order valence-corrected chi connectivity index (χ3v) is 6.31. The van der Waals surface area contributed by atoms with Gasteiger partial charge in [-0.1, -0.05) is 61.9 Å². The highest BCUT2D eigenvalue weighted by atomic mass is 16.7. The van der Waals surface area contributed by atoms with Gasteiger partial charge in [0.2, 0.25) is 0 Å². The van der Waals surface area contributed by atoms with Gasteiger partial charge in [-0.05, 0) is 49.1 Å². The number of rotatable bonds is 6. The Kier molecular flexibility index (Phi) is 5.65. The van der Waals surface area contributed by atoms with Crippen LogP contribution in [0.1, 0.15) is 79.0 Å². The van der Waals surface area contributed by atoms with Gasteiger partial charge in [0.1, 0.15) is 0 Å². The van der Waals surface area contributed by atoms with Crippen LogP contribution in [0.15, 0.2) is 36.4 Å². The Morgan fingerprint density at radius 3 is 2.17 bits per heavy atom.